The fraction of sp³-hybridized carbons (Fsp3) is 0.235. The van der Waals surface area contributed by atoms with E-state index in [1.807, 2.05) is 49.7 Å². The van der Waals surface area contributed by atoms with Crippen molar-refractivity contribution in [3.05, 3.63) is 53.0 Å². The summed E-state index contributed by atoms with van der Waals surface area (Å²) in [6.07, 6.45) is 3.50. The molecule has 3 aromatic rings. The minimum absolute atomic E-state index is 0.115. The lowest BCUT2D eigenvalue weighted by molar-refractivity contribution is 0.0963. The van der Waals surface area contributed by atoms with Crippen LogP contribution < -0.4 is 10.6 Å². The van der Waals surface area contributed by atoms with Crippen molar-refractivity contribution in [2.24, 2.45) is 0 Å². The lowest BCUT2D eigenvalue weighted by Gasteiger charge is -2.12. The van der Waals surface area contributed by atoms with Gasteiger partial charge in [-0.1, -0.05) is 6.07 Å². The molecule has 6 heteroatoms. The molecule has 0 aliphatic heterocycles. The number of carbonyl (C=O) groups excluding carboxylic acids is 1. The van der Waals surface area contributed by atoms with Gasteiger partial charge in [0.05, 0.1) is 0 Å². The molecule has 0 atom stereocenters. The summed E-state index contributed by atoms with van der Waals surface area (Å²) in [7, 11) is 1.62. The summed E-state index contributed by atoms with van der Waals surface area (Å²) >= 11 is 0. The van der Waals surface area contributed by atoms with Crippen molar-refractivity contribution in [2.75, 3.05) is 12.4 Å². The summed E-state index contributed by atoms with van der Waals surface area (Å²) in [5.74, 6) is 0.610. The molecule has 2 heterocycles. The Labute approximate surface area is 134 Å². The van der Waals surface area contributed by atoms with E-state index in [2.05, 4.69) is 20.7 Å². The second kappa shape index (κ2) is 5.72. The van der Waals surface area contributed by atoms with E-state index < -0.39 is 0 Å². The van der Waals surface area contributed by atoms with E-state index in [0.29, 0.717) is 5.56 Å². The van der Waals surface area contributed by atoms with E-state index in [0.717, 1.165) is 33.7 Å². The van der Waals surface area contributed by atoms with Crippen LogP contribution in [0.2, 0.25) is 0 Å². The third-order valence-corrected chi connectivity index (χ3v) is 4.06. The smallest absolute Gasteiger partial charge is 0.251 e. The molecule has 0 radical (unpaired) electrons. The molecule has 2 aromatic heterocycles. The number of aromatic nitrogens is 3. The highest BCUT2D eigenvalue weighted by Crippen LogP contribution is 2.26. The van der Waals surface area contributed by atoms with Crippen molar-refractivity contribution >= 4 is 22.9 Å². The number of fused-ring (bicyclic) bond motifs is 1. The molecule has 1 amide bonds. The molecule has 1 aromatic carbocycles. The summed E-state index contributed by atoms with van der Waals surface area (Å²) in [5, 5.41) is 10.2. The molecule has 0 unspecified atom stereocenters. The number of hydrogen-bond acceptors (Lipinski definition) is 4. The van der Waals surface area contributed by atoms with Crippen LogP contribution >= 0.6 is 0 Å². The Morgan fingerprint density at radius 3 is 2.70 bits per heavy atom. The fourth-order valence-corrected chi connectivity index (χ4v) is 2.54. The molecule has 0 aliphatic carbocycles. The van der Waals surface area contributed by atoms with Gasteiger partial charge in [0, 0.05) is 24.5 Å². The van der Waals surface area contributed by atoms with E-state index in [1.165, 1.54) is 6.33 Å². The van der Waals surface area contributed by atoms with Crippen LogP contribution in [0.1, 0.15) is 27.0 Å². The molecular weight excluding hydrogens is 290 g/mol. The molecule has 0 saturated heterocycles. The van der Waals surface area contributed by atoms with Crippen molar-refractivity contribution < 1.29 is 4.79 Å². The average molecular weight is 309 g/mol. The number of aryl methyl sites for hydroxylation is 3. The van der Waals surface area contributed by atoms with Crippen molar-refractivity contribution in [2.45, 2.75) is 20.8 Å². The molecule has 3 rings (SSSR count). The standard InChI is InChI=1S/C17H19N5O/c1-10-5-6-13(17(23)18-4)7-14(10)21-16-15-12(3)11(2)8-22(15)20-9-19-16/h5-9H,1-4H3,(H,18,23)(H,19,20,21). The summed E-state index contributed by atoms with van der Waals surface area (Å²) in [4.78, 5) is 16.2. The maximum Gasteiger partial charge on any atom is 0.251 e. The Balaban J connectivity index is 2.07. The first-order chi connectivity index (χ1) is 11.0. The zero-order chi connectivity index (χ0) is 16.6. The Morgan fingerprint density at radius 2 is 1.96 bits per heavy atom. The van der Waals surface area contributed by atoms with Crippen LogP contribution in [0.4, 0.5) is 11.5 Å². The van der Waals surface area contributed by atoms with Gasteiger partial charge in [0.2, 0.25) is 0 Å². The maximum atomic E-state index is 11.8. The van der Waals surface area contributed by atoms with Crippen LogP contribution in [0, 0.1) is 20.8 Å². The zero-order valence-corrected chi connectivity index (χ0v) is 13.6. The number of rotatable bonds is 3. The monoisotopic (exact) mass is 309 g/mol. The largest absolute Gasteiger partial charge is 0.355 e. The van der Waals surface area contributed by atoms with Crippen molar-refractivity contribution in [1.82, 2.24) is 19.9 Å². The first-order valence-corrected chi connectivity index (χ1v) is 7.40. The van der Waals surface area contributed by atoms with Gasteiger partial charge in [-0.3, -0.25) is 4.79 Å². The third kappa shape index (κ3) is 2.63. The van der Waals surface area contributed by atoms with Crippen LogP contribution in [-0.4, -0.2) is 27.6 Å². The Kier molecular flexibility index (Phi) is 3.73. The molecule has 118 valence electrons. The highest BCUT2D eigenvalue weighted by Gasteiger charge is 2.12. The van der Waals surface area contributed by atoms with Crippen LogP contribution in [-0.2, 0) is 0 Å². The minimum atomic E-state index is -0.115. The van der Waals surface area contributed by atoms with Crippen LogP contribution in [0.3, 0.4) is 0 Å². The molecule has 0 aliphatic rings. The molecule has 23 heavy (non-hydrogen) atoms. The molecule has 2 N–H and O–H groups in total. The van der Waals surface area contributed by atoms with Crippen LogP contribution in [0.5, 0.6) is 0 Å². The molecule has 0 fully saturated rings. The van der Waals surface area contributed by atoms with Crippen LogP contribution in [0.15, 0.2) is 30.7 Å². The van der Waals surface area contributed by atoms with Gasteiger partial charge in [-0.05, 0) is 49.6 Å². The number of anilines is 2. The van der Waals surface area contributed by atoms with Crippen LogP contribution in [0.25, 0.3) is 5.52 Å². The molecule has 0 spiro atoms. The van der Waals surface area contributed by atoms with Gasteiger partial charge in [0.25, 0.3) is 5.91 Å². The maximum absolute atomic E-state index is 11.8. The lowest BCUT2D eigenvalue weighted by atomic mass is 10.1. The Bertz CT molecular complexity index is 897. The van der Waals surface area contributed by atoms with Crippen molar-refractivity contribution in [1.29, 1.82) is 0 Å². The predicted octanol–water partition coefficient (Wildman–Crippen LogP) is 2.76. The first kappa shape index (κ1) is 15.0. The normalized spacial score (nSPS) is 10.8. The van der Waals surface area contributed by atoms with E-state index in [4.69, 9.17) is 0 Å². The SMILES string of the molecule is CNC(=O)c1ccc(C)c(Nc2ncnn3cc(C)c(C)c23)c1. The zero-order valence-electron chi connectivity index (χ0n) is 13.6. The molecule has 6 nitrogen and oxygen atoms in total. The molecular formula is C17H19N5O. The first-order valence-electron chi connectivity index (χ1n) is 7.40. The number of amides is 1. The molecule has 0 bridgehead atoms. The highest BCUT2D eigenvalue weighted by molar-refractivity contribution is 5.95. The molecule has 0 saturated carbocycles. The number of nitrogens with one attached hydrogen (secondary N) is 2. The third-order valence-electron chi connectivity index (χ3n) is 4.06. The highest BCUT2D eigenvalue weighted by atomic mass is 16.1. The minimum Gasteiger partial charge on any atom is -0.355 e. The summed E-state index contributed by atoms with van der Waals surface area (Å²) in [6, 6.07) is 5.56. The second-order valence-electron chi connectivity index (χ2n) is 5.57. The summed E-state index contributed by atoms with van der Waals surface area (Å²) < 4.78 is 1.82. The van der Waals surface area contributed by atoms with Crippen molar-refractivity contribution in [3.63, 3.8) is 0 Å². The summed E-state index contributed by atoms with van der Waals surface area (Å²) in [6.45, 7) is 6.09. The van der Waals surface area contributed by atoms with Gasteiger partial charge >= 0.3 is 0 Å². The van der Waals surface area contributed by atoms with Gasteiger partial charge in [-0.2, -0.15) is 5.10 Å². The van der Waals surface area contributed by atoms with E-state index >= 15 is 0 Å². The number of carbonyl (C=O) groups is 1. The fourth-order valence-electron chi connectivity index (χ4n) is 2.54. The second-order valence-corrected chi connectivity index (χ2v) is 5.57. The van der Waals surface area contributed by atoms with Gasteiger partial charge < -0.3 is 10.6 Å². The van der Waals surface area contributed by atoms with Crippen molar-refractivity contribution in [3.8, 4) is 0 Å². The number of nitrogens with zero attached hydrogens (tertiary/aromatic N) is 3. The Morgan fingerprint density at radius 1 is 1.17 bits per heavy atom. The van der Waals surface area contributed by atoms with Gasteiger partial charge in [0.1, 0.15) is 11.8 Å². The number of hydrogen-bond donors (Lipinski definition) is 2. The Hall–Kier alpha value is -2.89. The van der Waals surface area contributed by atoms with Gasteiger partial charge in [0.15, 0.2) is 5.82 Å². The van der Waals surface area contributed by atoms with E-state index in [-0.39, 0.29) is 5.91 Å². The quantitative estimate of drug-likeness (QED) is 0.780. The summed E-state index contributed by atoms with van der Waals surface area (Å²) in [5.41, 5.74) is 5.72. The topological polar surface area (TPSA) is 71.3 Å². The predicted molar refractivity (Wildman–Crippen MR) is 90.3 cm³/mol. The lowest BCUT2D eigenvalue weighted by Crippen LogP contribution is -2.17. The van der Waals surface area contributed by atoms with E-state index in [1.54, 1.807) is 7.05 Å². The average Bonchev–Trinajstić information content (AvgIpc) is 2.84. The number of benzene rings is 1. The van der Waals surface area contributed by atoms with Gasteiger partial charge in [-0.15, -0.1) is 0 Å². The van der Waals surface area contributed by atoms with Gasteiger partial charge in [-0.25, -0.2) is 9.50 Å². The van der Waals surface area contributed by atoms with E-state index in [9.17, 15) is 4.79 Å².